The Labute approximate surface area is 129 Å². The van der Waals surface area contributed by atoms with Gasteiger partial charge in [-0.3, -0.25) is 4.79 Å². The third-order valence-corrected chi connectivity index (χ3v) is 4.16. The fourth-order valence-corrected chi connectivity index (χ4v) is 3.06. The summed E-state index contributed by atoms with van der Waals surface area (Å²) in [6.45, 7) is 2.16. The van der Waals surface area contributed by atoms with Crippen molar-refractivity contribution in [2.24, 2.45) is 0 Å². The minimum atomic E-state index is -0.271. The summed E-state index contributed by atoms with van der Waals surface area (Å²) >= 11 is 2.87. The van der Waals surface area contributed by atoms with Crippen LogP contribution in [-0.2, 0) is 9.53 Å². The summed E-state index contributed by atoms with van der Waals surface area (Å²) in [5, 5.41) is 8.97. The maximum absolute atomic E-state index is 11.4. The molecule has 8 heteroatoms. The molecule has 0 atom stereocenters. The van der Waals surface area contributed by atoms with Gasteiger partial charge in [-0.2, -0.15) is 20.8 Å². The molecule has 3 rings (SSSR count). The molecule has 6 nitrogen and oxygen atoms in total. The van der Waals surface area contributed by atoms with Crippen LogP contribution in [0, 0.1) is 0 Å². The van der Waals surface area contributed by atoms with Crippen LogP contribution in [0.25, 0.3) is 17.0 Å². The van der Waals surface area contributed by atoms with Crippen molar-refractivity contribution in [2.75, 3.05) is 12.4 Å². The van der Waals surface area contributed by atoms with Gasteiger partial charge >= 0.3 is 5.97 Å². The minimum absolute atomic E-state index is 0.193. The van der Waals surface area contributed by atoms with E-state index in [-0.39, 0.29) is 11.7 Å². The number of carbonyl (C=O) groups excluding carboxylic acids is 1. The first-order valence-electron chi connectivity index (χ1n) is 6.30. The molecule has 0 saturated heterocycles. The van der Waals surface area contributed by atoms with Gasteiger partial charge in [-0.25, -0.2) is 4.98 Å². The highest BCUT2D eigenvalue weighted by Crippen LogP contribution is 2.23. The molecule has 0 amide bonds. The van der Waals surface area contributed by atoms with Gasteiger partial charge in [0.05, 0.1) is 18.1 Å². The first-order valence-corrected chi connectivity index (χ1v) is 8.23. The lowest BCUT2D eigenvalue weighted by Gasteiger charge is -1.99. The molecular formula is C13H12N4O2S2. The predicted octanol–water partition coefficient (Wildman–Crippen LogP) is 2.51. The van der Waals surface area contributed by atoms with E-state index in [2.05, 4.69) is 15.1 Å². The lowest BCUT2D eigenvalue weighted by atomic mass is 10.2. The van der Waals surface area contributed by atoms with Crippen LogP contribution in [-0.4, -0.2) is 37.9 Å². The molecule has 0 bridgehead atoms. The van der Waals surface area contributed by atoms with Gasteiger partial charge in [0.25, 0.3) is 5.78 Å². The SMILES string of the molecule is CCOC(=O)CSc1nc2nccc(-c3ccsc3)n2n1. The molecule has 3 aromatic rings. The smallest absolute Gasteiger partial charge is 0.316 e. The molecule has 3 heterocycles. The summed E-state index contributed by atoms with van der Waals surface area (Å²) in [6, 6.07) is 3.91. The molecular weight excluding hydrogens is 308 g/mol. The van der Waals surface area contributed by atoms with Gasteiger partial charge in [-0.1, -0.05) is 11.8 Å². The molecule has 0 radical (unpaired) electrons. The number of fused-ring (bicyclic) bond motifs is 1. The van der Waals surface area contributed by atoms with Crippen molar-refractivity contribution in [2.45, 2.75) is 12.1 Å². The molecule has 0 aliphatic rings. The normalized spacial score (nSPS) is 10.9. The van der Waals surface area contributed by atoms with Crippen molar-refractivity contribution < 1.29 is 9.53 Å². The first-order chi connectivity index (χ1) is 10.3. The van der Waals surface area contributed by atoms with Crippen LogP contribution in [0.2, 0.25) is 0 Å². The van der Waals surface area contributed by atoms with Crippen LogP contribution in [0.5, 0.6) is 0 Å². The van der Waals surface area contributed by atoms with Gasteiger partial charge < -0.3 is 4.74 Å². The molecule has 21 heavy (non-hydrogen) atoms. The second-order valence-electron chi connectivity index (χ2n) is 4.04. The lowest BCUT2D eigenvalue weighted by molar-refractivity contribution is -0.139. The predicted molar refractivity (Wildman–Crippen MR) is 81.5 cm³/mol. The molecule has 0 fully saturated rings. The summed E-state index contributed by atoms with van der Waals surface area (Å²) in [4.78, 5) is 19.9. The lowest BCUT2D eigenvalue weighted by Crippen LogP contribution is -2.06. The van der Waals surface area contributed by atoms with E-state index in [1.807, 2.05) is 22.9 Å². The van der Waals surface area contributed by atoms with E-state index in [0.29, 0.717) is 17.5 Å². The Hall–Kier alpha value is -1.93. The average molecular weight is 320 g/mol. The highest BCUT2D eigenvalue weighted by atomic mass is 32.2. The number of ether oxygens (including phenoxy) is 1. The van der Waals surface area contributed by atoms with Gasteiger partial charge in [-0.15, -0.1) is 5.10 Å². The second-order valence-corrected chi connectivity index (χ2v) is 5.76. The van der Waals surface area contributed by atoms with Gasteiger partial charge in [-0.05, 0) is 24.4 Å². The third-order valence-electron chi connectivity index (χ3n) is 2.66. The van der Waals surface area contributed by atoms with Crippen molar-refractivity contribution in [3.05, 3.63) is 29.1 Å². The van der Waals surface area contributed by atoms with Crippen molar-refractivity contribution >= 4 is 34.8 Å². The molecule has 3 aromatic heterocycles. The summed E-state index contributed by atoms with van der Waals surface area (Å²) in [5.74, 6) is 0.441. The van der Waals surface area contributed by atoms with Crippen molar-refractivity contribution in [1.29, 1.82) is 0 Å². The number of thioether (sulfide) groups is 1. The van der Waals surface area contributed by atoms with E-state index in [0.717, 1.165) is 11.3 Å². The van der Waals surface area contributed by atoms with Gasteiger partial charge in [0.1, 0.15) is 0 Å². The van der Waals surface area contributed by atoms with Crippen LogP contribution in [0.3, 0.4) is 0 Å². The highest BCUT2D eigenvalue weighted by molar-refractivity contribution is 7.99. The van der Waals surface area contributed by atoms with Crippen LogP contribution in [0.15, 0.2) is 34.2 Å². The largest absolute Gasteiger partial charge is 0.465 e. The van der Waals surface area contributed by atoms with Crippen LogP contribution in [0.4, 0.5) is 0 Å². The molecule has 0 N–H and O–H groups in total. The maximum atomic E-state index is 11.4. The molecule has 108 valence electrons. The molecule has 0 aromatic carbocycles. The maximum Gasteiger partial charge on any atom is 0.316 e. The standard InChI is InChI=1S/C13H12N4O2S2/c1-2-19-11(18)8-21-13-15-12-14-5-3-10(17(12)16-13)9-4-6-20-7-9/h3-7H,2,8H2,1H3. The fourth-order valence-electron chi connectivity index (χ4n) is 1.79. The monoisotopic (exact) mass is 320 g/mol. The Morgan fingerprint density at radius 1 is 1.48 bits per heavy atom. The molecule has 0 spiro atoms. The average Bonchev–Trinajstić information content (AvgIpc) is 3.14. The van der Waals surface area contributed by atoms with Crippen LogP contribution < -0.4 is 0 Å². The zero-order valence-electron chi connectivity index (χ0n) is 11.2. The third kappa shape index (κ3) is 3.06. The number of hydrogen-bond donors (Lipinski definition) is 0. The second kappa shape index (κ2) is 6.23. The Bertz CT molecular complexity index is 755. The van der Waals surface area contributed by atoms with E-state index >= 15 is 0 Å². The van der Waals surface area contributed by atoms with Crippen LogP contribution in [0.1, 0.15) is 6.92 Å². The molecule has 0 aliphatic carbocycles. The Balaban J connectivity index is 1.87. The first kappa shape index (κ1) is 14.0. The van der Waals surface area contributed by atoms with Crippen LogP contribution >= 0.6 is 23.1 Å². The van der Waals surface area contributed by atoms with Gasteiger partial charge in [0, 0.05) is 17.1 Å². The summed E-state index contributed by atoms with van der Waals surface area (Å²) in [6.07, 6.45) is 1.71. The number of hydrogen-bond acceptors (Lipinski definition) is 7. The van der Waals surface area contributed by atoms with E-state index in [4.69, 9.17) is 4.74 Å². The van der Waals surface area contributed by atoms with E-state index < -0.39 is 0 Å². The van der Waals surface area contributed by atoms with Crippen molar-refractivity contribution in [3.8, 4) is 11.3 Å². The minimum Gasteiger partial charge on any atom is -0.465 e. The zero-order valence-corrected chi connectivity index (χ0v) is 12.9. The summed E-state index contributed by atoms with van der Waals surface area (Å²) in [5.41, 5.74) is 2.00. The highest BCUT2D eigenvalue weighted by Gasteiger charge is 2.12. The molecule has 0 saturated carbocycles. The summed E-state index contributed by atoms with van der Waals surface area (Å²) in [7, 11) is 0. The topological polar surface area (TPSA) is 69.4 Å². The number of rotatable bonds is 5. The Kier molecular flexibility index (Phi) is 4.16. The van der Waals surface area contributed by atoms with Crippen molar-refractivity contribution in [3.63, 3.8) is 0 Å². The zero-order chi connectivity index (χ0) is 14.7. The van der Waals surface area contributed by atoms with E-state index in [9.17, 15) is 4.79 Å². The Morgan fingerprint density at radius 2 is 2.38 bits per heavy atom. The quantitative estimate of drug-likeness (QED) is 0.531. The number of aromatic nitrogens is 4. The van der Waals surface area contributed by atoms with E-state index in [1.54, 1.807) is 29.0 Å². The van der Waals surface area contributed by atoms with Gasteiger partial charge in [0.15, 0.2) is 0 Å². The van der Waals surface area contributed by atoms with E-state index in [1.165, 1.54) is 11.8 Å². The number of carbonyl (C=O) groups is 1. The summed E-state index contributed by atoms with van der Waals surface area (Å²) < 4.78 is 6.57. The number of esters is 1. The fraction of sp³-hybridized carbons (Fsp3) is 0.231. The Morgan fingerprint density at radius 3 is 3.14 bits per heavy atom. The number of nitrogens with zero attached hydrogens (tertiary/aromatic N) is 4. The number of thiophene rings is 1. The molecule has 0 aliphatic heterocycles. The van der Waals surface area contributed by atoms with Crippen molar-refractivity contribution in [1.82, 2.24) is 19.6 Å². The molecule has 0 unspecified atom stereocenters. The van der Waals surface area contributed by atoms with Gasteiger partial charge in [0.2, 0.25) is 5.16 Å².